The molecule has 1 fully saturated rings. The first-order chi connectivity index (χ1) is 9.22. The largest absolute Gasteiger partial charge is 0.480 e. The first-order valence-corrected chi connectivity index (χ1v) is 6.81. The van der Waals surface area contributed by atoms with Crippen LogP contribution < -0.4 is 4.74 Å². The Morgan fingerprint density at radius 2 is 2.05 bits per heavy atom. The average molecular weight is 263 g/mol. The number of hydrogen-bond acceptors (Lipinski definition) is 3. The molecule has 0 spiro atoms. The molecule has 0 N–H and O–H groups in total. The van der Waals surface area contributed by atoms with E-state index in [-0.39, 0.29) is 5.91 Å². The molecule has 4 heteroatoms. The lowest BCUT2D eigenvalue weighted by Crippen LogP contribution is -2.47. The van der Waals surface area contributed by atoms with Crippen LogP contribution in [0, 0.1) is 6.92 Å². The monoisotopic (exact) mass is 263 g/mol. The minimum absolute atomic E-state index is 0.0639. The molecule has 1 aromatic rings. The Morgan fingerprint density at radius 1 is 1.37 bits per heavy atom. The van der Waals surface area contributed by atoms with Crippen molar-refractivity contribution in [3.8, 4) is 5.75 Å². The summed E-state index contributed by atoms with van der Waals surface area (Å²) in [7, 11) is 0. The van der Waals surface area contributed by atoms with Gasteiger partial charge in [0.25, 0.3) is 5.91 Å². The molecule has 19 heavy (non-hydrogen) atoms. The normalized spacial score (nSPS) is 17.1. The van der Waals surface area contributed by atoms with Crippen LogP contribution in [0.3, 0.4) is 0 Å². The summed E-state index contributed by atoms with van der Waals surface area (Å²) in [5, 5.41) is 0. The Balaban J connectivity index is 2.03. The maximum Gasteiger partial charge on any atom is 0.263 e. The van der Waals surface area contributed by atoms with Crippen LogP contribution in [0.2, 0.25) is 0 Å². The summed E-state index contributed by atoms with van der Waals surface area (Å²) in [6.07, 6.45) is 0.268. The smallest absolute Gasteiger partial charge is 0.263 e. The number of para-hydroxylation sites is 1. The molecule has 1 aromatic carbocycles. The highest BCUT2D eigenvalue weighted by Crippen LogP contribution is 2.19. The lowest BCUT2D eigenvalue weighted by atomic mass is 10.2. The van der Waals surface area contributed by atoms with Crippen LogP contribution in [0.1, 0.15) is 18.9 Å². The Labute approximate surface area is 114 Å². The predicted molar refractivity (Wildman–Crippen MR) is 73.3 cm³/mol. The SMILES string of the molecule is CCC(Oc1ccccc1C)C(=O)N1CCOCC1. The second-order valence-electron chi connectivity index (χ2n) is 4.72. The second-order valence-corrected chi connectivity index (χ2v) is 4.72. The summed E-state index contributed by atoms with van der Waals surface area (Å²) >= 11 is 0. The van der Waals surface area contributed by atoms with E-state index in [9.17, 15) is 4.79 Å². The molecular weight excluding hydrogens is 242 g/mol. The molecule has 0 aromatic heterocycles. The lowest BCUT2D eigenvalue weighted by molar-refractivity contribution is -0.142. The molecule has 1 aliphatic heterocycles. The van der Waals surface area contributed by atoms with Crippen LogP contribution in [-0.4, -0.2) is 43.2 Å². The van der Waals surface area contributed by atoms with Gasteiger partial charge in [-0.2, -0.15) is 0 Å². The van der Waals surface area contributed by atoms with Gasteiger partial charge in [-0.15, -0.1) is 0 Å². The van der Waals surface area contributed by atoms with Crippen molar-refractivity contribution >= 4 is 5.91 Å². The van der Waals surface area contributed by atoms with Crippen LogP contribution >= 0.6 is 0 Å². The summed E-state index contributed by atoms with van der Waals surface area (Å²) in [6, 6.07) is 7.78. The Kier molecular flexibility index (Phi) is 4.80. The van der Waals surface area contributed by atoms with Gasteiger partial charge in [-0.05, 0) is 25.0 Å². The summed E-state index contributed by atoms with van der Waals surface area (Å²) in [6.45, 7) is 6.51. The lowest BCUT2D eigenvalue weighted by Gasteiger charge is -2.30. The maximum atomic E-state index is 12.4. The fourth-order valence-electron chi connectivity index (χ4n) is 2.14. The molecule has 0 aliphatic carbocycles. The third-order valence-corrected chi connectivity index (χ3v) is 3.33. The van der Waals surface area contributed by atoms with Gasteiger partial charge in [-0.25, -0.2) is 0 Å². The molecule has 0 radical (unpaired) electrons. The first-order valence-electron chi connectivity index (χ1n) is 6.81. The number of aryl methyl sites for hydroxylation is 1. The zero-order valence-electron chi connectivity index (χ0n) is 11.6. The van der Waals surface area contributed by atoms with Gasteiger partial charge in [0, 0.05) is 13.1 Å². The molecule has 2 rings (SSSR count). The van der Waals surface area contributed by atoms with Gasteiger partial charge in [0.15, 0.2) is 6.10 Å². The Hall–Kier alpha value is -1.55. The van der Waals surface area contributed by atoms with E-state index in [2.05, 4.69) is 0 Å². The summed E-state index contributed by atoms with van der Waals surface area (Å²) < 4.78 is 11.1. The molecule has 1 amide bonds. The quantitative estimate of drug-likeness (QED) is 0.834. The number of benzene rings is 1. The molecule has 1 atom stereocenters. The standard InChI is InChI=1S/C15H21NO3/c1-3-13(15(17)16-8-10-18-11-9-16)19-14-7-5-4-6-12(14)2/h4-7,13H,3,8-11H2,1-2H3. The highest BCUT2D eigenvalue weighted by Gasteiger charge is 2.26. The Bertz CT molecular complexity index is 427. The fourth-order valence-corrected chi connectivity index (χ4v) is 2.14. The van der Waals surface area contributed by atoms with Gasteiger partial charge in [-0.3, -0.25) is 4.79 Å². The number of nitrogens with zero attached hydrogens (tertiary/aromatic N) is 1. The average Bonchev–Trinajstić information content (AvgIpc) is 2.47. The van der Waals surface area contributed by atoms with E-state index in [1.165, 1.54) is 0 Å². The van der Waals surface area contributed by atoms with E-state index in [1.54, 1.807) is 0 Å². The number of carbonyl (C=O) groups is 1. The van der Waals surface area contributed by atoms with Crippen LogP contribution in [0.25, 0.3) is 0 Å². The van der Waals surface area contributed by atoms with Crippen molar-refractivity contribution in [2.24, 2.45) is 0 Å². The Morgan fingerprint density at radius 3 is 2.68 bits per heavy atom. The summed E-state index contributed by atoms with van der Waals surface area (Å²) in [4.78, 5) is 14.2. The maximum absolute atomic E-state index is 12.4. The van der Waals surface area contributed by atoms with Gasteiger partial charge < -0.3 is 14.4 Å². The van der Waals surface area contributed by atoms with Crippen LogP contribution in [0.15, 0.2) is 24.3 Å². The highest BCUT2D eigenvalue weighted by molar-refractivity contribution is 5.81. The van der Waals surface area contributed by atoms with Gasteiger partial charge in [-0.1, -0.05) is 25.1 Å². The van der Waals surface area contributed by atoms with Gasteiger partial charge >= 0.3 is 0 Å². The molecule has 104 valence electrons. The van der Waals surface area contributed by atoms with E-state index in [4.69, 9.17) is 9.47 Å². The molecule has 1 saturated heterocycles. The van der Waals surface area contributed by atoms with E-state index in [1.807, 2.05) is 43.0 Å². The molecular formula is C15H21NO3. The minimum Gasteiger partial charge on any atom is -0.480 e. The van der Waals surface area contributed by atoms with Gasteiger partial charge in [0.05, 0.1) is 13.2 Å². The summed E-state index contributed by atoms with van der Waals surface area (Å²) in [5.41, 5.74) is 1.05. The van der Waals surface area contributed by atoms with Crippen molar-refractivity contribution in [2.45, 2.75) is 26.4 Å². The highest BCUT2D eigenvalue weighted by atomic mass is 16.5. The van der Waals surface area contributed by atoms with Crippen LogP contribution in [0.4, 0.5) is 0 Å². The van der Waals surface area contributed by atoms with Crippen molar-refractivity contribution in [2.75, 3.05) is 26.3 Å². The van der Waals surface area contributed by atoms with Gasteiger partial charge in [0.1, 0.15) is 5.75 Å². The number of ether oxygens (including phenoxy) is 2. The van der Waals surface area contributed by atoms with Crippen molar-refractivity contribution < 1.29 is 14.3 Å². The summed E-state index contributed by atoms with van der Waals surface area (Å²) in [5.74, 6) is 0.852. The zero-order chi connectivity index (χ0) is 13.7. The van der Waals surface area contributed by atoms with E-state index < -0.39 is 6.10 Å². The van der Waals surface area contributed by atoms with Gasteiger partial charge in [0.2, 0.25) is 0 Å². The first kappa shape index (κ1) is 13.9. The van der Waals surface area contributed by atoms with E-state index in [0.29, 0.717) is 32.7 Å². The number of amides is 1. The molecule has 4 nitrogen and oxygen atoms in total. The number of carbonyl (C=O) groups excluding carboxylic acids is 1. The fraction of sp³-hybridized carbons (Fsp3) is 0.533. The minimum atomic E-state index is -0.404. The third-order valence-electron chi connectivity index (χ3n) is 3.33. The van der Waals surface area contributed by atoms with Crippen LogP contribution in [0.5, 0.6) is 5.75 Å². The zero-order valence-corrected chi connectivity index (χ0v) is 11.6. The van der Waals surface area contributed by atoms with Crippen molar-refractivity contribution in [1.29, 1.82) is 0 Å². The molecule has 0 saturated carbocycles. The number of morpholine rings is 1. The van der Waals surface area contributed by atoms with Crippen molar-refractivity contribution in [3.63, 3.8) is 0 Å². The van der Waals surface area contributed by atoms with E-state index in [0.717, 1.165) is 11.3 Å². The predicted octanol–water partition coefficient (Wildman–Crippen LogP) is 2.01. The molecule has 1 unspecified atom stereocenters. The third kappa shape index (κ3) is 3.47. The second kappa shape index (κ2) is 6.57. The van der Waals surface area contributed by atoms with Crippen molar-refractivity contribution in [3.05, 3.63) is 29.8 Å². The topological polar surface area (TPSA) is 38.8 Å². The number of hydrogen-bond donors (Lipinski definition) is 0. The molecule has 0 bridgehead atoms. The van der Waals surface area contributed by atoms with Crippen molar-refractivity contribution in [1.82, 2.24) is 4.90 Å². The van der Waals surface area contributed by atoms with Crippen LogP contribution in [-0.2, 0) is 9.53 Å². The molecule has 1 aliphatic rings. The molecule has 1 heterocycles. The van der Waals surface area contributed by atoms with E-state index >= 15 is 0 Å². The number of rotatable bonds is 4.